The topological polar surface area (TPSA) is 64.6 Å². The number of hydrogen-bond acceptors (Lipinski definition) is 3. The Hall–Kier alpha value is -1.59. The van der Waals surface area contributed by atoms with Gasteiger partial charge in [-0.25, -0.2) is 4.79 Å². The number of piperidine rings is 1. The molecule has 0 spiro atoms. The van der Waals surface area contributed by atoms with Crippen LogP contribution in [0.2, 0.25) is 0 Å². The molecule has 5 nitrogen and oxygen atoms in total. The molecule has 2 amide bonds. The van der Waals surface area contributed by atoms with Crippen molar-refractivity contribution in [3.63, 3.8) is 0 Å². The number of carbonyl (C=O) groups excluding carboxylic acids is 1. The number of rotatable bonds is 6. The van der Waals surface area contributed by atoms with Crippen LogP contribution in [0.4, 0.5) is 4.79 Å². The van der Waals surface area contributed by atoms with Crippen LogP contribution in [0.15, 0.2) is 30.3 Å². The zero-order chi connectivity index (χ0) is 15.8. The number of hydrogen-bond donors (Lipinski definition) is 3. The molecule has 1 aliphatic rings. The number of likely N-dealkylation sites (tertiary alicyclic amines) is 1. The summed E-state index contributed by atoms with van der Waals surface area (Å²) in [6, 6.07) is 8.92. The predicted octanol–water partition coefficient (Wildman–Crippen LogP) is 1.75. The van der Waals surface area contributed by atoms with Gasteiger partial charge in [-0.2, -0.15) is 0 Å². The van der Waals surface area contributed by atoms with Gasteiger partial charge >= 0.3 is 6.03 Å². The van der Waals surface area contributed by atoms with E-state index in [0.29, 0.717) is 6.54 Å². The van der Waals surface area contributed by atoms with E-state index in [1.165, 1.54) is 12.8 Å². The third-order valence-electron chi connectivity index (χ3n) is 4.28. The van der Waals surface area contributed by atoms with Crippen molar-refractivity contribution in [3.05, 3.63) is 35.9 Å². The molecule has 1 heterocycles. The molecular weight excluding hydrogens is 278 g/mol. The van der Waals surface area contributed by atoms with Crippen LogP contribution in [-0.2, 0) is 0 Å². The van der Waals surface area contributed by atoms with E-state index in [2.05, 4.69) is 22.5 Å². The van der Waals surface area contributed by atoms with Gasteiger partial charge in [0.2, 0.25) is 0 Å². The van der Waals surface area contributed by atoms with E-state index in [1.54, 1.807) is 0 Å². The molecule has 2 rings (SSSR count). The highest BCUT2D eigenvalue weighted by molar-refractivity contribution is 5.74. The highest BCUT2D eigenvalue weighted by atomic mass is 16.3. The Morgan fingerprint density at radius 1 is 1.32 bits per heavy atom. The second kappa shape index (κ2) is 8.76. The van der Waals surface area contributed by atoms with Crippen LogP contribution < -0.4 is 10.6 Å². The lowest BCUT2D eigenvalue weighted by Gasteiger charge is -2.30. The van der Waals surface area contributed by atoms with Crippen molar-refractivity contribution in [1.29, 1.82) is 0 Å². The molecule has 0 saturated carbocycles. The number of benzene rings is 1. The molecule has 0 aliphatic carbocycles. The Morgan fingerprint density at radius 2 is 2.00 bits per heavy atom. The largest absolute Gasteiger partial charge is 0.394 e. The normalized spacial score (nSPS) is 17.9. The zero-order valence-electron chi connectivity index (χ0n) is 13.3. The fraction of sp³-hybridized carbons (Fsp3) is 0.588. The van der Waals surface area contributed by atoms with Crippen LogP contribution in [0.3, 0.4) is 0 Å². The van der Waals surface area contributed by atoms with Gasteiger partial charge in [-0.15, -0.1) is 0 Å². The quantitative estimate of drug-likeness (QED) is 0.750. The molecule has 1 aromatic carbocycles. The molecule has 122 valence electrons. The van der Waals surface area contributed by atoms with Crippen molar-refractivity contribution in [3.8, 4) is 0 Å². The van der Waals surface area contributed by atoms with E-state index >= 15 is 0 Å². The molecule has 22 heavy (non-hydrogen) atoms. The van der Waals surface area contributed by atoms with Crippen LogP contribution in [0.1, 0.15) is 31.4 Å². The lowest BCUT2D eigenvalue weighted by atomic mass is 9.99. The zero-order valence-corrected chi connectivity index (χ0v) is 13.3. The van der Waals surface area contributed by atoms with Crippen LogP contribution >= 0.6 is 0 Å². The number of nitrogens with zero attached hydrogens (tertiary/aromatic N) is 1. The second-order valence-electron chi connectivity index (χ2n) is 6.07. The van der Waals surface area contributed by atoms with Crippen LogP contribution in [0.5, 0.6) is 0 Å². The fourth-order valence-electron chi connectivity index (χ4n) is 2.74. The van der Waals surface area contributed by atoms with Crippen LogP contribution in [0.25, 0.3) is 0 Å². The first kappa shape index (κ1) is 16.8. The summed E-state index contributed by atoms with van der Waals surface area (Å²) in [7, 11) is 0. The van der Waals surface area contributed by atoms with E-state index in [-0.39, 0.29) is 18.7 Å². The number of aliphatic hydroxyl groups is 1. The Labute approximate surface area is 132 Å². The summed E-state index contributed by atoms with van der Waals surface area (Å²) in [5, 5.41) is 15.1. The number of urea groups is 1. The van der Waals surface area contributed by atoms with Gasteiger partial charge in [-0.05, 0) is 37.4 Å². The summed E-state index contributed by atoms with van der Waals surface area (Å²) in [4.78, 5) is 14.3. The molecule has 1 aliphatic heterocycles. The minimum Gasteiger partial charge on any atom is -0.394 e. The van der Waals surface area contributed by atoms with E-state index in [9.17, 15) is 9.90 Å². The Bertz CT molecular complexity index is 444. The van der Waals surface area contributed by atoms with Crippen molar-refractivity contribution in [2.75, 3.05) is 32.8 Å². The van der Waals surface area contributed by atoms with Crippen molar-refractivity contribution in [1.82, 2.24) is 15.5 Å². The van der Waals surface area contributed by atoms with E-state index < -0.39 is 0 Å². The number of nitrogens with one attached hydrogen (secondary N) is 2. The minimum atomic E-state index is -0.364. The SMILES string of the molecule is CC1CCN(CCNC(=O)NC(CO)c2ccccc2)CC1. The predicted molar refractivity (Wildman–Crippen MR) is 87.6 cm³/mol. The molecule has 0 radical (unpaired) electrons. The average molecular weight is 305 g/mol. The molecular formula is C17H27N3O2. The molecule has 1 saturated heterocycles. The summed E-state index contributed by atoms with van der Waals surface area (Å²) in [5.41, 5.74) is 0.908. The van der Waals surface area contributed by atoms with Crippen molar-refractivity contribution in [2.24, 2.45) is 5.92 Å². The van der Waals surface area contributed by atoms with Crippen LogP contribution in [-0.4, -0.2) is 48.8 Å². The van der Waals surface area contributed by atoms with Crippen molar-refractivity contribution < 1.29 is 9.90 Å². The highest BCUT2D eigenvalue weighted by Crippen LogP contribution is 2.15. The lowest BCUT2D eigenvalue weighted by Crippen LogP contribution is -2.43. The molecule has 1 fully saturated rings. The molecule has 1 aromatic rings. The molecule has 3 N–H and O–H groups in total. The van der Waals surface area contributed by atoms with E-state index in [0.717, 1.165) is 31.1 Å². The summed E-state index contributed by atoms with van der Waals surface area (Å²) in [5.74, 6) is 0.823. The number of aliphatic hydroxyl groups excluding tert-OH is 1. The van der Waals surface area contributed by atoms with Gasteiger partial charge in [0.15, 0.2) is 0 Å². The smallest absolute Gasteiger partial charge is 0.315 e. The van der Waals surface area contributed by atoms with Gasteiger partial charge in [0.25, 0.3) is 0 Å². The third kappa shape index (κ3) is 5.31. The Balaban J connectivity index is 1.68. The monoisotopic (exact) mass is 305 g/mol. The molecule has 1 unspecified atom stereocenters. The molecule has 5 heteroatoms. The van der Waals surface area contributed by atoms with Gasteiger partial charge in [0, 0.05) is 13.1 Å². The van der Waals surface area contributed by atoms with Gasteiger partial charge in [-0.3, -0.25) is 0 Å². The standard InChI is InChI=1S/C17H27N3O2/c1-14-7-10-20(11-8-14)12-9-18-17(22)19-16(13-21)15-5-3-2-4-6-15/h2-6,14,16,21H,7-13H2,1H3,(H2,18,19,22). The van der Waals surface area contributed by atoms with Crippen LogP contribution in [0, 0.1) is 5.92 Å². The first-order valence-corrected chi connectivity index (χ1v) is 8.11. The van der Waals surface area contributed by atoms with Gasteiger partial charge in [-0.1, -0.05) is 37.3 Å². The lowest BCUT2D eigenvalue weighted by molar-refractivity contribution is 0.189. The third-order valence-corrected chi connectivity index (χ3v) is 4.28. The first-order chi connectivity index (χ1) is 10.7. The maximum Gasteiger partial charge on any atom is 0.315 e. The summed E-state index contributed by atoms with van der Waals surface area (Å²) >= 11 is 0. The minimum absolute atomic E-state index is 0.110. The van der Waals surface area contributed by atoms with Gasteiger partial charge in [0.1, 0.15) is 0 Å². The Morgan fingerprint density at radius 3 is 2.64 bits per heavy atom. The Kier molecular flexibility index (Phi) is 6.68. The number of amides is 2. The molecule has 0 aromatic heterocycles. The van der Waals surface area contributed by atoms with E-state index in [1.807, 2.05) is 30.3 Å². The molecule has 1 atom stereocenters. The van der Waals surface area contributed by atoms with E-state index in [4.69, 9.17) is 0 Å². The van der Waals surface area contributed by atoms with Gasteiger partial charge in [0.05, 0.1) is 12.6 Å². The maximum absolute atomic E-state index is 11.9. The average Bonchev–Trinajstić information content (AvgIpc) is 2.55. The summed E-state index contributed by atoms with van der Waals surface area (Å²) < 4.78 is 0. The summed E-state index contributed by atoms with van der Waals surface area (Å²) in [6.07, 6.45) is 2.49. The first-order valence-electron chi connectivity index (χ1n) is 8.11. The summed E-state index contributed by atoms with van der Waals surface area (Å²) in [6.45, 7) is 5.94. The highest BCUT2D eigenvalue weighted by Gasteiger charge is 2.16. The molecule has 0 bridgehead atoms. The second-order valence-corrected chi connectivity index (χ2v) is 6.07. The fourth-order valence-corrected chi connectivity index (χ4v) is 2.74. The maximum atomic E-state index is 11.9. The van der Waals surface area contributed by atoms with Crippen molar-refractivity contribution in [2.45, 2.75) is 25.8 Å². The van der Waals surface area contributed by atoms with Crippen molar-refractivity contribution >= 4 is 6.03 Å². The number of carbonyl (C=O) groups is 1. The van der Waals surface area contributed by atoms with Gasteiger partial charge < -0.3 is 20.6 Å².